The van der Waals surface area contributed by atoms with Crippen molar-refractivity contribution in [3.8, 4) is 11.6 Å². The summed E-state index contributed by atoms with van der Waals surface area (Å²) in [6, 6.07) is 6.60. The second-order valence-electron chi connectivity index (χ2n) is 3.40. The summed E-state index contributed by atoms with van der Waals surface area (Å²) < 4.78 is 18.7. The number of hydrogen-bond acceptors (Lipinski definition) is 6. The smallest absolute Gasteiger partial charge is 0.260 e. The summed E-state index contributed by atoms with van der Waals surface area (Å²) in [5.74, 6) is 4.58. The first-order valence-corrected chi connectivity index (χ1v) is 5.09. The van der Waals surface area contributed by atoms with E-state index >= 15 is 0 Å². The molecule has 0 saturated carbocycles. The molecule has 0 aliphatic carbocycles. The SMILES string of the molecule is NNc1ncc(F)c(Oc2cccc(CO)c2)n1. The summed E-state index contributed by atoms with van der Waals surface area (Å²) in [5, 5.41) is 8.98. The summed E-state index contributed by atoms with van der Waals surface area (Å²) in [6.07, 6.45) is 0.952. The Kier molecular flexibility index (Phi) is 3.66. The van der Waals surface area contributed by atoms with E-state index in [0.717, 1.165) is 6.20 Å². The predicted octanol–water partition coefficient (Wildman–Crippen LogP) is 1.19. The number of rotatable bonds is 4. The van der Waals surface area contributed by atoms with Crippen molar-refractivity contribution in [2.75, 3.05) is 5.43 Å². The second kappa shape index (κ2) is 5.39. The van der Waals surface area contributed by atoms with Crippen LogP contribution in [0.3, 0.4) is 0 Å². The predicted molar refractivity (Wildman–Crippen MR) is 62.2 cm³/mol. The maximum absolute atomic E-state index is 13.4. The largest absolute Gasteiger partial charge is 0.436 e. The highest BCUT2D eigenvalue weighted by molar-refractivity contribution is 5.33. The molecule has 0 amide bonds. The first-order valence-electron chi connectivity index (χ1n) is 5.09. The molecule has 0 fully saturated rings. The van der Waals surface area contributed by atoms with E-state index < -0.39 is 5.82 Å². The molecule has 94 valence electrons. The van der Waals surface area contributed by atoms with Gasteiger partial charge < -0.3 is 9.84 Å². The van der Waals surface area contributed by atoms with Crippen LogP contribution in [0.5, 0.6) is 11.6 Å². The van der Waals surface area contributed by atoms with Crippen LogP contribution in [0.25, 0.3) is 0 Å². The van der Waals surface area contributed by atoms with Gasteiger partial charge in [0.25, 0.3) is 5.88 Å². The third kappa shape index (κ3) is 2.70. The molecular weight excluding hydrogens is 239 g/mol. The average Bonchev–Trinajstić information content (AvgIpc) is 2.41. The van der Waals surface area contributed by atoms with Crippen molar-refractivity contribution in [1.82, 2.24) is 9.97 Å². The van der Waals surface area contributed by atoms with Crippen LogP contribution in [0.1, 0.15) is 5.56 Å². The van der Waals surface area contributed by atoms with E-state index in [1.165, 1.54) is 0 Å². The number of nitrogen functional groups attached to an aromatic ring is 1. The number of nitrogens with zero attached hydrogens (tertiary/aromatic N) is 2. The Bertz CT molecular complexity index is 550. The molecule has 2 aromatic rings. The number of nitrogens with two attached hydrogens (primary N) is 1. The normalized spacial score (nSPS) is 10.2. The molecule has 0 unspecified atom stereocenters. The third-order valence-corrected chi connectivity index (χ3v) is 2.14. The maximum atomic E-state index is 13.4. The van der Waals surface area contributed by atoms with Gasteiger partial charge in [0.2, 0.25) is 11.8 Å². The first-order chi connectivity index (χ1) is 8.72. The van der Waals surface area contributed by atoms with E-state index in [9.17, 15) is 4.39 Å². The van der Waals surface area contributed by atoms with Gasteiger partial charge in [0.1, 0.15) is 5.75 Å². The Balaban J connectivity index is 2.27. The monoisotopic (exact) mass is 250 g/mol. The first kappa shape index (κ1) is 12.2. The standard InChI is InChI=1S/C11H11FN4O2/c12-9-5-14-11(16-13)15-10(9)18-8-3-1-2-7(4-8)6-17/h1-5,17H,6,13H2,(H,14,15,16). The van der Waals surface area contributed by atoms with E-state index in [-0.39, 0.29) is 18.4 Å². The minimum absolute atomic E-state index is 0.0460. The fraction of sp³-hybridized carbons (Fsp3) is 0.0909. The number of hydrogen-bond donors (Lipinski definition) is 3. The van der Waals surface area contributed by atoms with Crippen molar-refractivity contribution in [1.29, 1.82) is 0 Å². The Hall–Kier alpha value is -2.25. The molecular formula is C11H11FN4O2. The van der Waals surface area contributed by atoms with Crippen molar-refractivity contribution in [2.45, 2.75) is 6.61 Å². The highest BCUT2D eigenvalue weighted by atomic mass is 19.1. The molecule has 0 saturated heterocycles. The van der Waals surface area contributed by atoms with Crippen molar-refractivity contribution in [2.24, 2.45) is 5.84 Å². The van der Waals surface area contributed by atoms with Gasteiger partial charge in [-0.2, -0.15) is 9.37 Å². The van der Waals surface area contributed by atoms with Gasteiger partial charge in [-0.05, 0) is 17.7 Å². The zero-order chi connectivity index (χ0) is 13.0. The fourth-order valence-corrected chi connectivity index (χ4v) is 1.31. The lowest BCUT2D eigenvalue weighted by molar-refractivity contribution is 0.281. The number of aliphatic hydroxyl groups excluding tert-OH is 1. The molecule has 0 spiro atoms. The van der Waals surface area contributed by atoms with Crippen molar-refractivity contribution >= 4 is 5.95 Å². The minimum atomic E-state index is -0.705. The second-order valence-corrected chi connectivity index (χ2v) is 3.40. The van der Waals surface area contributed by atoms with Crippen LogP contribution in [0.4, 0.5) is 10.3 Å². The molecule has 2 rings (SSSR count). The topological polar surface area (TPSA) is 93.3 Å². The van der Waals surface area contributed by atoms with Crippen LogP contribution in [-0.4, -0.2) is 15.1 Å². The highest BCUT2D eigenvalue weighted by Gasteiger charge is 2.09. The number of anilines is 1. The molecule has 0 aliphatic rings. The van der Waals surface area contributed by atoms with Gasteiger partial charge >= 0.3 is 0 Å². The van der Waals surface area contributed by atoms with Gasteiger partial charge in [0.15, 0.2) is 0 Å². The molecule has 0 bridgehead atoms. The molecule has 0 aliphatic heterocycles. The van der Waals surface area contributed by atoms with Gasteiger partial charge in [-0.3, -0.25) is 5.43 Å². The lowest BCUT2D eigenvalue weighted by Crippen LogP contribution is -2.11. The van der Waals surface area contributed by atoms with E-state index in [0.29, 0.717) is 11.3 Å². The Morgan fingerprint density at radius 2 is 2.28 bits per heavy atom. The summed E-state index contributed by atoms with van der Waals surface area (Å²) >= 11 is 0. The van der Waals surface area contributed by atoms with Crippen molar-refractivity contribution in [3.05, 3.63) is 41.8 Å². The van der Waals surface area contributed by atoms with Gasteiger partial charge in [-0.15, -0.1) is 0 Å². The quantitative estimate of drug-likeness (QED) is 0.557. The number of aromatic nitrogens is 2. The number of nitrogens with one attached hydrogen (secondary N) is 1. The molecule has 6 nitrogen and oxygen atoms in total. The van der Waals surface area contributed by atoms with E-state index in [4.69, 9.17) is 15.7 Å². The van der Waals surface area contributed by atoms with Crippen molar-refractivity contribution in [3.63, 3.8) is 0 Å². The van der Waals surface area contributed by atoms with Crippen LogP contribution in [0.15, 0.2) is 30.5 Å². The minimum Gasteiger partial charge on any atom is -0.436 e. The Labute approximate surface area is 102 Å². The van der Waals surface area contributed by atoms with Gasteiger partial charge in [-0.1, -0.05) is 12.1 Å². The highest BCUT2D eigenvalue weighted by Crippen LogP contribution is 2.23. The summed E-state index contributed by atoms with van der Waals surface area (Å²) in [7, 11) is 0. The molecule has 0 atom stereocenters. The number of benzene rings is 1. The Morgan fingerprint density at radius 1 is 1.44 bits per heavy atom. The number of halogens is 1. The molecule has 0 radical (unpaired) electrons. The van der Waals surface area contributed by atoms with Crippen LogP contribution < -0.4 is 16.0 Å². The van der Waals surface area contributed by atoms with E-state index in [2.05, 4.69) is 15.4 Å². The van der Waals surface area contributed by atoms with E-state index in [1.54, 1.807) is 24.3 Å². The van der Waals surface area contributed by atoms with E-state index in [1.807, 2.05) is 0 Å². The number of ether oxygens (including phenoxy) is 1. The Morgan fingerprint density at radius 3 is 3.00 bits per heavy atom. The van der Waals surface area contributed by atoms with Crippen LogP contribution in [0.2, 0.25) is 0 Å². The van der Waals surface area contributed by atoms with Crippen LogP contribution >= 0.6 is 0 Å². The zero-order valence-corrected chi connectivity index (χ0v) is 9.30. The molecule has 1 aromatic carbocycles. The summed E-state index contributed by atoms with van der Waals surface area (Å²) in [5.41, 5.74) is 2.85. The molecule has 4 N–H and O–H groups in total. The number of aliphatic hydroxyl groups is 1. The lowest BCUT2D eigenvalue weighted by Gasteiger charge is -2.07. The third-order valence-electron chi connectivity index (χ3n) is 2.14. The lowest BCUT2D eigenvalue weighted by atomic mass is 10.2. The molecule has 1 aromatic heterocycles. The fourth-order valence-electron chi connectivity index (χ4n) is 1.31. The van der Waals surface area contributed by atoms with Gasteiger partial charge in [-0.25, -0.2) is 10.8 Å². The van der Waals surface area contributed by atoms with Crippen LogP contribution in [0, 0.1) is 5.82 Å². The maximum Gasteiger partial charge on any atom is 0.260 e. The molecule has 18 heavy (non-hydrogen) atoms. The van der Waals surface area contributed by atoms with Gasteiger partial charge in [0, 0.05) is 0 Å². The van der Waals surface area contributed by atoms with Crippen LogP contribution in [-0.2, 0) is 6.61 Å². The van der Waals surface area contributed by atoms with Gasteiger partial charge in [0.05, 0.1) is 12.8 Å². The summed E-state index contributed by atoms with van der Waals surface area (Å²) in [4.78, 5) is 7.33. The summed E-state index contributed by atoms with van der Waals surface area (Å²) in [6.45, 7) is -0.126. The average molecular weight is 250 g/mol. The van der Waals surface area contributed by atoms with Crippen molar-refractivity contribution < 1.29 is 14.2 Å². The number of hydrazine groups is 1. The molecule has 1 heterocycles. The molecule has 7 heteroatoms. The zero-order valence-electron chi connectivity index (χ0n) is 9.30.